The molecule has 0 saturated heterocycles. The summed E-state index contributed by atoms with van der Waals surface area (Å²) in [5, 5.41) is 4.11. The maximum Gasteiger partial charge on any atom is 0.209 e. The van der Waals surface area contributed by atoms with Gasteiger partial charge in [-0.2, -0.15) is 0 Å². The van der Waals surface area contributed by atoms with Gasteiger partial charge in [0.05, 0.1) is 23.3 Å². The molecule has 2 aliphatic rings. The molecule has 2 aromatic heterocycles. The number of anilines is 1. The number of hydrogen-bond donors (Lipinski definition) is 1. The molecule has 2 atom stereocenters. The number of allylic oxidation sites excluding steroid dienone is 2. The summed E-state index contributed by atoms with van der Waals surface area (Å²) in [4.78, 5) is 18.3. The average Bonchev–Trinajstić information content (AvgIpc) is 3.40. The topological polar surface area (TPSA) is 60.1 Å². The van der Waals surface area contributed by atoms with Crippen LogP contribution in [0, 0.1) is 0 Å². The quantitative estimate of drug-likeness (QED) is 0.456. The summed E-state index contributed by atoms with van der Waals surface area (Å²) in [6.07, 6.45) is 2.79. The van der Waals surface area contributed by atoms with Gasteiger partial charge in [-0.25, -0.2) is 4.98 Å². The standard InChI is InChI=1S/C24H18ClN3O2/c25-16-6-3-5-14(11-16)23-22-18(12-15(13-20(22)29)21-9-4-10-30-21)27-24-26-17-7-1-2-8-19(17)28(23)24/h1-11,15,23H,12-13H2,(H,26,27)/t15-,23+/m0/s1. The third-order valence-corrected chi connectivity index (χ3v) is 6.24. The van der Waals surface area contributed by atoms with Gasteiger partial charge in [-0.1, -0.05) is 35.9 Å². The zero-order chi connectivity index (χ0) is 20.2. The second kappa shape index (κ2) is 6.61. The molecule has 148 valence electrons. The van der Waals surface area contributed by atoms with Crippen LogP contribution < -0.4 is 5.32 Å². The monoisotopic (exact) mass is 415 g/mol. The van der Waals surface area contributed by atoms with E-state index in [0.29, 0.717) is 17.9 Å². The van der Waals surface area contributed by atoms with E-state index in [9.17, 15) is 4.79 Å². The Balaban J connectivity index is 1.56. The summed E-state index contributed by atoms with van der Waals surface area (Å²) < 4.78 is 7.72. The molecule has 1 aliphatic heterocycles. The lowest BCUT2D eigenvalue weighted by molar-refractivity contribution is -0.116. The van der Waals surface area contributed by atoms with E-state index in [1.54, 1.807) is 6.26 Å². The molecule has 1 aliphatic carbocycles. The highest BCUT2D eigenvalue weighted by Crippen LogP contribution is 2.46. The minimum atomic E-state index is -0.271. The molecule has 0 saturated carbocycles. The Morgan fingerprint density at radius 3 is 2.80 bits per heavy atom. The van der Waals surface area contributed by atoms with Crippen molar-refractivity contribution in [3.05, 3.63) is 94.5 Å². The smallest absolute Gasteiger partial charge is 0.209 e. The van der Waals surface area contributed by atoms with Crippen LogP contribution in [0.4, 0.5) is 5.95 Å². The molecular formula is C24H18ClN3O2. The molecule has 4 aromatic rings. The first kappa shape index (κ1) is 17.5. The van der Waals surface area contributed by atoms with Gasteiger partial charge >= 0.3 is 0 Å². The first-order valence-electron chi connectivity index (χ1n) is 9.98. The lowest BCUT2D eigenvalue weighted by Gasteiger charge is -2.36. The van der Waals surface area contributed by atoms with Crippen molar-refractivity contribution in [2.75, 3.05) is 5.32 Å². The summed E-state index contributed by atoms with van der Waals surface area (Å²) in [6, 6.07) is 19.3. The number of furan rings is 1. The Morgan fingerprint density at radius 1 is 1.07 bits per heavy atom. The van der Waals surface area contributed by atoms with Crippen LogP contribution in [0.15, 0.2) is 82.6 Å². The fourth-order valence-electron chi connectivity index (χ4n) is 4.74. The van der Waals surface area contributed by atoms with Crippen molar-refractivity contribution in [1.82, 2.24) is 9.55 Å². The number of aromatic nitrogens is 2. The van der Waals surface area contributed by atoms with Crippen molar-refractivity contribution in [3.8, 4) is 0 Å². The normalized spacial score (nSPS) is 20.8. The Morgan fingerprint density at radius 2 is 1.97 bits per heavy atom. The molecule has 6 rings (SSSR count). The maximum absolute atomic E-state index is 13.5. The molecule has 0 fully saturated rings. The van der Waals surface area contributed by atoms with Crippen molar-refractivity contribution in [1.29, 1.82) is 0 Å². The summed E-state index contributed by atoms with van der Waals surface area (Å²) in [7, 11) is 0. The second-order valence-electron chi connectivity index (χ2n) is 7.81. The van der Waals surface area contributed by atoms with Crippen LogP contribution in [0.5, 0.6) is 0 Å². The van der Waals surface area contributed by atoms with Gasteiger partial charge in [-0.3, -0.25) is 9.36 Å². The zero-order valence-corrected chi connectivity index (χ0v) is 16.8. The van der Waals surface area contributed by atoms with E-state index in [1.165, 1.54) is 0 Å². The molecule has 5 nitrogen and oxygen atoms in total. The van der Waals surface area contributed by atoms with Gasteiger partial charge < -0.3 is 9.73 Å². The van der Waals surface area contributed by atoms with Gasteiger partial charge in [0.25, 0.3) is 0 Å². The Hall–Kier alpha value is -3.31. The van der Waals surface area contributed by atoms with E-state index in [2.05, 4.69) is 9.88 Å². The number of nitrogens with zero attached hydrogens (tertiary/aromatic N) is 2. The largest absolute Gasteiger partial charge is 0.469 e. The second-order valence-corrected chi connectivity index (χ2v) is 8.25. The van der Waals surface area contributed by atoms with Gasteiger partial charge in [0.2, 0.25) is 5.95 Å². The highest BCUT2D eigenvalue weighted by molar-refractivity contribution is 6.30. The predicted octanol–water partition coefficient (Wildman–Crippen LogP) is 5.70. The van der Waals surface area contributed by atoms with E-state index in [1.807, 2.05) is 60.7 Å². The number of hydrogen-bond acceptors (Lipinski definition) is 4. The lowest BCUT2D eigenvalue weighted by Crippen LogP contribution is -2.33. The molecule has 0 bridgehead atoms. The summed E-state index contributed by atoms with van der Waals surface area (Å²) in [5.41, 5.74) is 4.56. The molecule has 0 unspecified atom stereocenters. The van der Waals surface area contributed by atoms with E-state index in [0.717, 1.165) is 39.6 Å². The molecule has 6 heteroatoms. The lowest BCUT2D eigenvalue weighted by atomic mass is 9.79. The summed E-state index contributed by atoms with van der Waals surface area (Å²) in [6.45, 7) is 0. The minimum Gasteiger partial charge on any atom is -0.469 e. The van der Waals surface area contributed by atoms with E-state index >= 15 is 0 Å². The Kier molecular flexibility index (Phi) is 3.86. The molecule has 0 amide bonds. The van der Waals surface area contributed by atoms with Crippen molar-refractivity contribution in [3.63, 3.8) is 0 Å². The third kappa shape index (κ3) is 2.62. The summed E-state index contributed by atoms with van der Waals surface area (Å²) >= 11 is 6.33. The van der Waals surface area contributed by atoms with Crippen LogP contribution in [0.3, 0.4) is 0 Å². The van der Waals surface area contributed by atoms with Gasteiger partial charge in [0.1, 0.15) is 5.76 Å². The van der Waals surface area contributed by atoms with E-state index in [-0.39, 0.29) is 17.7 Å². The molecule has 3 heterocycles. The first-order chi connectivity index (χ1) is 14.7. The van der Waals surface area contributed by atoms with Gasteiger partial charge in [0, 0.05) is 28.6 Å². The van der Waals surface area contributed by atoms with Crippen LogP contribution in [0.1, 0.15) is 36.1 Å². The number of carbonyl (C=O) groups excluding carboxylic acids is 1. The van der Waals surface area contributed by atoms with Crippen LogP contribution in [0.2, 0.25) is 5.02 Å². The van der Waals surface area contributed by atoms with Gasteiger partial charge in [0.15, 0.2) is 5.78 Å². The molecular weight excluding hydrogens is 398 g/mol. The first-order valence-corrected chi connectivity index (χ1v) is 10.4. The van der Waals surface area contributed by atoms with Crippen LogP contribution in [0.25, 0.3) is 11.0 Å². The van der Waals surface area contributed by atoms with Crippen LogP contribution in [-0.2, 0) is 4.79 Å². The number of imidazole rings is 1. The predicted molar refractivity (Wildman–Crippen MR) is 116 cm³/mol. The highest BCUT2D eigenvalue weighted by Gasteiger charge is 2.40. The van der Waals surface area contributed by atoms with Crippen LogP contribution in [-0.4, -0.2) is 15.3 Å². The highest BCUT2D eigenvalue weighted by atomic mass is 35.5. The number of benzene rings is 2. The number of ketones is 1. The number of para-hydroxylation sites is 2. The fraction of sp³-hybridized carbons (Fsp3) is 0.167. The number of nitrogens with one attached hydrogen (secondary N) is 1. The van der Waals surface area contributed by atoms with Crippen molar-refractivity contribution in [2.24, 2.45) is 0 Å². The number of fused-ring (bicyclic) bond motifs is 3. The van der Waals surface area contributed by atoms with E-state index in [4.69, 9.17) is 21.0 Å². The van der Waals surface area contributed by atoms with Crippen molar-refractivity contribution < 1.29 is 9.21 Å². The van der Waals surface area contributed by atoms with Crippen molar-refractivity contribution >= 4 is 34.4 Å². The molecule has 2 aromatic carbocycles. The summed E-state index contributed by atoms with van der Waals surface area (Å²) in [5.74, 6) is 1.73. The van der Waals surface area contributed by atoms with Crippen molar-refractivity contribution in [2.45, 2.75) is 24.8 Å². The molecule has 1 N–H and O–H groups in total. The fourth-order valence-corrected chi connectivity index (χ4v) is 4.94. The molecule has 30 heavy (non-hydrogen) atoms. The Labute approximate surface area is 178 Å². The van der Waals surface area contributed by atoms with Gasteiger partial charge in [-0.15, -0.1) is 0 Å². The van der Waals surface area contributed by atoms with Crippen LogP contribution >= 0.6 is 11.6 Å². The molecule has 0 radical (unpaired) electrons. The Bertz CT molecular complexity index is 1320. The number of carbonyl (C=O) groups is 1. The average molecular weight is 416 g/mol. The number of halogens is 1. The SMILES string of the molecule is O=C1C[C@@H](c2ccco2)CC2=C1[C@@H](c1cccc(Cl)c1)n1c(nc3ccccc31)N2. The van der Waals surface area contributed by atoms with E-state index < -0.39 is 0 Å². The third-order valence-electron chi connectivity index (χ3n) is 6.01. The number of rotatable bonds is 2. The maximum atomic E-state index is 13.5. The minimum absolute atomic E-state index is 0.0229. The molecule has 0 spiro atoms. The van der Waals surface area contributed by atoms with Gasteiger partial charge in [-0.05, 0) is 48.4 Å². The zero-order valence-electron chi connectivity index (χ0n) is 16.0. The number of Topliss-reactive ketones (excluding diaryl/α,β-unsaturated/α-hetero) is 1.